The van der Waals surface area contributed by atoms with Gasteiger partial charge in [-0.3, -0.25) is 9.78 Å². The van der Waals surface area contributed by atoms with Gasteiger partial charge in [0.25, 0.3) is 5.91 Å². The first-order valence-electron chi connectivity index (χ1n) is 7.76. The van der Waals surface area contributed by atoms with Crippen molar-refractivity contribution in [3.8, 4) is 0 Å². The van der Waals surface area contributed by atoms with Gasteiger partial charge in [0.15, 0.2) is 0 Å². The van der Waals surface area contributed by atoms with Crippen LogP contribution in [0.4, 0.5) is 0 Å². The number of nitrogens with one attached hydrogen (secondary N) is 1. The molecule has 1 N–H and O–H groups in total. The molecule has 126 valence electrons. The number of carbonyl (C=O) groups excluding carboxylic acids is 1. The minimum atomic E-state index is -3.62. The van der Waals surface area contributed by atoms with Gasteiger partial charge in [-0.1, -0.05) is 6.07 Å². The number of hydrogen-bond donors (Lipinski definition) is 1. The normalized spacial score (nSPS) is 14.6. The number of aromatic nitrogens is 1. The molecule has 0 atom stereocenters. The predicted octanol–water partition coefficient (Wildman–Crippen LogP) is 1.79. The molecule has 1 aliphatic rings. The molecule has 1 aromatic heterocycles. The minimum absolute atomic E-state index is 0.0237. The molecule has 7 heteroatoms. The quantitative estimate of drug-likeness (QED) is 0.866. The highest BCUT2D eigenvalue weighted by molar-refractivity contribution is 7.89. The molecule has 1 fully saturated rings. The van der Waals surface area contributed by atoms with Crippen molar-refractivity contribution in [2.24, 2.45) is 0 Å². The minimum Gasteiger partial charge on any atom is -0.355 e. The highest BCUT2D eigenvalue weighted by Crippen LogP contribution is 2.33. The van der Waals surface area contributed by atoms with E-state index in [2.05, 4.69) is 10.3 Å². The number of carbonyl (C=O) groups is 1. The summed E-state index contributed by atoms with van der Waals surface area (Å²) < 4.78 is 27.4. The van der Waals surface area contributed by atoms with Crippen LogP contribution in [0, 0.1) is 0 Å². The van der Waals surface area contributed by atoms with E-state index in [0.29, 0.717) is 5.56 Å². The van der Waals surface area contributed by atoms with Crippen LogP contribution in [0.25, 0.3) is 0 Å². The van der Waals surface area contributed by atoms with Crippen molar-refractivity contribution >= 4 is 15.9 Å². The highest BCUT2D eigenvalue weighted by Gasteiger charge is 2.38. The molecule has 0 spiro atoms. The van der Waals surface area contributed by atoms with Gasteiger partial charge < -0.3 is 5.32 Å². The van der Waals surface area contributed by atoms with E-state index in [9.17, 15) is 13.2 Å². The Hall–Kier alpha value is -2.25. The second-order valence-corrected chi connectivity index (χ2v) is 7.60. The Morgan fingerprint density at radius 3 is 2.46 bits per heavy atom. The molecule has 1 heterocycles. The van der Waals surface area contributed by atoms with Crippen molar-refractivity contribution in [1.82, 2.24) is 14.6 Å². The second kappa shape index (κ2) is 6.70. The van der Waals surface area contributed by atoms with Gasteiger partial charge in [-0.2, -0.15) is 4.31 Å². The first-order valence-corrected chi connectivity index (χ1v) is 9.20. The van der Waals surface area contributed by atoms with E-state index in [0.717, 1.165) is 18.5 Å². The lowest BCUT2D eigenvalue weighted by Crippen LogP contribution is -2.33. The first kappa shape index (κ1) is 16.6. The van der Waals surface area contributed by atoms with E-state index in [1.807, 2.05) is 12.1 Å². The molecule has 24 heavy (non-hydrogen) atoms. The fourth-order valence-corrected chi connectivity index (χ4v) is 4.14. The summed E-state index contributed by atoms with van der Waals surface area (Å²) in [5, 5.41) is 2.52. The molecular weight excluding hydrogens is 326 g/mol. The maximum atomic E-state index is 13.0. The standard InChI is InChI=1S/C17H19N3O3S/c1-18-17(21)13-5-9-16(10-6-13)24(22,23)20(15-7-8-15)12-14-4-2-3-11-19-14/h2-6,9-11,15H,7-8,12H2,1H3,(H,18,21). The average Bonchev–Trinajstić information content (AvgIpc) is 3.44. The predicted molar refractivity (Wildman–Crippen MR) is 89.8 cm³/mol. The van der Waals surface area contributed by atoms with Crippen LogP contribution in [0.2, 0.25) is 0 Å². The van der Waals surface area contributed by atoms with E-state index in [1.165, 1.54) is 35.6 Å². The Bertz CT molecular complexity index is 816. The van der Waals surface area contributed by atoms with Crippen molar-refractivity contribution in [1.29, 1.82) is 0 Å². The summed E-state index contributed by atoms with van der Waals surface area (Å²) in [7, 11) is -2.09. The maximum Gasteiger partial charge on any atom is 0.251 e. The Morgan fingerprint density at radius 1 is 1.21 bits per heavy atom. The molecular formula is C17H19N3O3S. The Labute approximate surface area is 141 Å². The topological polar surface area (TPSA) is 79.4 Å². The maximum absolute atomic E-state index is 13.0. The summed E-state index contributed by atoms with van der Waals surface area (Å²) in [4.78, 5) is 16.0. The van der Waals surface area contributed by atoms with Crippen LogP contribution in [0.15, 0.2) is 53.6 Å². The third-order valence-corrected chi connectivity index (χ3v) is 5.86. The molecule has 0 unspecified atom stereocenters. The first-order chi connectivity index (χ1) is 11.5. The Morgan fingerprint density at radius 2 is 1.92 bits per heavy atom. The van der Waals surface area contributed by atoms with E-state index in [1.54, 1.807) is 12.3 Å². The van der Waals surface area contributed by atoms with Gasteiger partial charge in [0.2, 0.25) is 10.0 Å². The van der Waals surface area contributed by atoms with E-state index in [4.69, 9.17) is 0 Å². The molecule has 1 aliphatic carbocycles. The zero-order valence-electron chi connectivity index (χ0n) is 13.3. The lowest BCUT2D eigenvalue weighted by atomic mass is 10.2. The average molecular weight is 345 g/mol. The Kier molecular flexibility index (Phi) is 4.64. The summed E-state index contributed by atoms with van der Waals surface area (Å²) in [5.41, 5.74) is 1.15. The second-order valence-electron chi connectivity index (χ2n) is 5.71. The van der Waals surface area contributed by atoms with Crippen LogP contribution in [0.1, 0.15) is 28.9 Å². The molecule has 3 rings (SSSR count). The molecule has 1 aromatic carbocycles. The van der Waals surface area contributed by atoms with Crippen molar-refractivity contribution in [2.45, 2.75) is 30.3 Å². The summed E-state index contributed by atoms with van der Waals surface area (Å²) in [6.45, 7) is 0.255. The molecule has 1 saturated carbocycles. The molecule has 0 radical (unpaired) electrons. The monoisotopic (exact) mass is 345 g/mol. The van der Waals surface area contributed by atoms with Crippen molar-refractivity contribution < 1.29 is 13.2 Å². The molecule has 1 amide bonds. The SMILES string of the molecule is CNC(=O)c1ccc(S(=O)(=O)N(Cc2ccccn2)C2CC2)cc1. The van der Waals surface area contributed by atoms with Crippen molar-refractivity contribution in [3.63, 3.8) is 0 Å². The fraction of sp³-hybridized carbons (Fsp3) is 0.294. The summed E-state index contributed by atoms with van der Waals surface area (Å²) in [6.07, 6.45) is 3.38. The molecule has 0 aliphatic heterocycles. The third kappa shape index (κ3) is 3.47. The van der Waals surface area contributed by atoms with E-state index < -0.39 is 10.0 Å². The number of nitrogens with zero attached hydrogens (tertiary/aromatic N) is 2. The lowest BCUT2D eigenvalue weighted by Gasteiger charge is -2.21. The van der Waals surface area contributed by atoms with Crippen LogP contribution in [-0.4, -0.2) is 36.7 Å². The van der Waals surface area contributed by atoms with Crippen molar-refractivity contribution in [3.05, 3.63) is 59.9 Å². The summed E-state index contributed by atoms with van der Waals surface area (Å²) in [6, 6.07) is 11.5. The zero-order valence-corrected chi connectivity index (χ0v) is 14.2. The van der Waals surface area contributed by atoms with Crippen LogP contribution in [-0.2, 0) is 16.6 Å². The third-order valence-electron chi connectivity index (χ3n) is 3.95. The molecule has 2 aromatic rings. The van der Waals surface area contributed by atoms with Crippen molar-refractivity contribution in [2.75, 3.05) is 7.05 Å². The van der Waals surface area contributed by atoms with Gasteiger partial charge in [0.1, 0.15) is 0 Å². The van der Waals surface area contributed by atoms with Crippen LogP contribution >= 0.6 is 0 Å². The highest BCUT2D eigenvalue weighted by atomic mass is 32.2. The summed E-state index contributed by atoms with van der Waals surface area (Å²) in [5.74, 6) is -0.244. The van der Waals surface area contributed by atoms with Gasteiger partial charge in [0, 0.05) is 24.8 Å². The number of pyridine rings is 1. The molecule has 6 nitrogen and oxygen atoms in total. The fourth-order valence-electron chi connectivity index (χ4n) is 2.48. The number of rotatable bonds is 6. The zero-order chi connectivity index (χ0) is 17.2. The van der Waals surface area contributed by atoms with Crippen LogP contribution < -0.4 is 5.32 Å². The van der Waals surface area contributed by atoms with E-state index in [-0.39, 0.29) is 23.4 Å². The number of amides is 1. The number of hydrogen-bond acceptors (Lipinski definition) is 4. The van der Waals surface area contributed by atoms with Gasteiger partial charge >= 0.3 is 0 Å². The molecule has 0 saturated heterocycles. The van der Waals surface area contributed by atoms with Gasteiger partial charge in [-0.05, 0) is 49.2 Å². The smallest absolute Gasteiger partial charge is 0.251 e. The number of benzene rings is 1. The van der Waals surface area contributed by atoms with Crippen LogP contribution in [0.3, 0.4) is 0 Å². The van der Waals surface area contributed by atoms with Gasteiger partial charge in [-0.15, -0.1) is 0 Å². The van der Waals surface area contributed by atoms with Crippen LogP contribution in [0.5, 0.6) is 0 Å². The van der Waals surface area contributed by atoms with E-state index >= 15 is 0 Å². The lowest BCUT2D eigenvalue weighted by molar-refractivity contribution is 0.0963. The Balaban J connectivity index is 1.87. The van der Waals surface area contributed by atoms with Gasteiger partial charge in [0.05, 0.1) is 17.1 Å². The summed E-state index contributed by atoms with van der Waals surface area (Å²) >= 11 is 0. The molecule has 0 bridgehead atoms. The largest absolute Gasteiger partial charge is 0.355 e. The van der Waals surface area contributed by atoms with Gasteiger partial charge in [-0.25, -0.2) is 8.42 Å². The number of sulfonamides is 1.